The number of rotatable bonds is 6. The summed E-state index contributed by atoms with van der Waals surface area (Å²) in [6.07, 6.45) is 5.02. The number of hydrogen-bond donors (Lipinski definition) is 0. The van der Waals surface area contributed by atoms with Crippen molar-refractivity contribution in [2.75, 3.05) is 27.9 Å². The molecule has 0 aromatic heterocycles. The van der Waals surface area contributed by atoms with Gasteiger partial charge in [0.15, 0.2) is 0 Å². The van der Waals surface area contributed by atoms with E-state index in [0.717, 1.165) is 25.9 Å². The molecule has 1 aliphatic rings. The summed E-state index contributed by atoms with van der Waals surface area (Å²) < 4.78 is 17.0. The van der Waals surface area contributed by atoms with Crippen molar-refractivity contribution in [1.82, 2.24) is 0 Å². The standard InChI is InChI=1S/C14H28O3/c1-11(2)9-14(10-15-3)12(16-4)7-6-8-13(14)17-5/h11-13H,6-10H2,1-5H3. The minimum absolute atomic E-state index is 0.0185. The zero-order valence-corrected chi connectivity index (χ0v) is 12.0. The van der Waals surface area contributed by atoms with Crippen LogP contribution in [0.15, 0.2) is 0 Å². The van der Waals surface area contributed by atoms with Crippen molar-refractivity contribution >= 4 is 0 Å². The first-order valence-corrected chi connectivity index (χ1v) is 6.65. The number of hydrogen-bond acceptors (Lipinski definition) is 3. The van der Waals surface area contributed by atoms with E-state index in [1.54, 1.807) is 7.11 Å². The molecule has 0 spiro atoms. The van der Waals surface area contributed by atoms with Crippen molar-refractivity contribution in [3.8, 4) is 0 Å². The summed E-state index contributed by atoms with van der Waals surface area (Å²) in [4.78, 5) is 0. The van der Waals surface area contributed by atoms with Crippen LogP contribution < -0.4 is 0 Å². The van der Waals surface area contributed by atoms with Crippen LogP contribution in [0.3, 0.4) is 0 Å². The third kappa shape index (κ3) is 3.21. The first-order valence-electron chi connectivity index (χ1n) is 6.65. The molecule has 0 heterocycles. The molecule has 1 fully saturated rings. The Morgan fingerprint density at radius 1 is 1.06 bits per heavy atom. The lowest BCUT2D eigenvalue weighted by Gasteiger charge is -2.48. The summed E-state index contributed by atoms with van der Waals surface area (Å²) in [5.74, 6) is 0.624. The molecule has 0 saturated heterocycles. The molecule has 1 saturated carbocycles. The van der Waals surface area contributed by atoms with E-state index in [2.05, 4.69) is 13.8 Å². The van der Waals surface area contributed by atoms with E-state index in [0.29, 0.717) is 5.92 Å². The second-order valence-electron chi connectivity index (χ2n) is 5.64. The largest absolute Gasteiger partial charge is 0.384 e. The molecule has 2 unspecified atom stereocenters. The summed E-state index contributed by atoms with van der Waals surface area (Å²) in [6.45, 7) is 5.24. The van der Waals surface area contributed by atoms with E-state index < -0.39 is 0 Å². The first-order chi connectivity index (χ1) is 8.10. The molecule has 0 bridgehead atoms. The average Bonchev–Trinajstić information content (AvgIpc) is 2.28. The lowest BCUT2D eigenvalue weighted by atomic mass is 9.66. The van der Waals surface area contributed by atoms with Gasteiger partial charge in [0.05, 0.1) is 18.8 Å². The lowest BCUT2D eigenvalue weighted by Crippen LogP contribution is -2.53. The van der Waals surface area contributed by atoms with Gasteiger partial charge in [-0.2, -0.15) is 0 Å². The molecule has 0 aliphatic heterocycles. The van der Waals surface area contributed by atoms with Crippen LogP contribution in [-0.2, 0) is 14.2 Å². The summed E-state index contributed by atoms with van der Waals surface area (Å²) in [5, 5.41) is 0. The molecular weight excluding hydrogens is 216 g/mol. The van der Waals surface area contributed by atoms with Crippen LogP contribution in [0.2, 0.25) is 0 Å². The van der Waals surface area contributed by atoms with Crippen LogP contribution in [-0.4, -0.2) is 40.1 Å². The third-order valence-corrected chi connectivity index (χ3v) is 3.99. The van der Waals surface area contributed by atoms with Crippen molar-refractivity contribution in [3.63, 3.8) is 0 Å². The van der Waals surface area contributed by atoms with Crippen LogP contribution >= 0.6 is 0 Å². The zero-order valence-electron chi connectivity index (χ0n) is 12.0. The van der Waals surface area contributed by atoms with Gasteiger partial charge in [-0.1, -0.05) is 13.8 Å². The summed E-state index contributed by atoms with van der Waals surface area (Å²) in [5.41, 5.74) is 0.0185. The van der Waals surface area contributed by atoms with Crippen molar-refractivity contribution in [1.29, 1.82) is 0 Å². The van der Waals surface area contributed by atoms with Crippen LogP contribution in [0.4, 0.5) is 0 Å². The Morgan fingerprint density at radius 2 is 1.59 bits per heavy atom. The maximum Gasteiger partial charge on any atom is 0.0674 e. The van der Waals surface area contributed by atoms with Gasteiger partial charge in [-0.3, -0.25) is 0 Å². The summed E-state index contributed by atoms with van der Waals surface area (Å²) >= 11 is 0. The molecule has 0 radical (unpaired) electrons. The highest BCUT2D eigenvalue weighted by atomic mass is 16.5. The Bertz CT molecular complexity index is 204. The lowest BCUT2D eigenvalue weighted by molar-refractivity contribution is -0.163. The number of ether oxygens (including phenoxy) is 3. The highest BCUT2D eigenvalue weighted by Gasteiger charge is 2.48. The molecule has 17 heavy (non-hydrogen) atoms. The van der Waals surface area contributed by atoms with E-state index in [1.165, 1.54) is 6.42 Å². The molecule has 0 aromatic rings. The Labute approximate surface area is 106 Å². The van der Waals surface area contributed by atoms with Gasteiger partial charge in [0.25, 0.3) is 0 Å². The molecule has 0 N–H and O–H groups in total. The molecule has 3 heteroatoms. The van der Waals surface area contributed by atoms with Gasteiger partial charge in [-0.15, -0.1) is 0 Å². The Hall–Kier alpha value is -0.120. The van der Waals surface area contributed by atoms with E-state index >= 15 is 0 Å². The average molecular weight is 244 g/mol. The normalized spacial score (nSPS) is 34.2. The Balaban J connectivity index is 2.96. The predicted molar refractivity (Wildman–Crippen MR) is 69.2 cm³/mol. The second kappa shape index (κ2) is 6.72. The van der Waals surface area contributed by atoms with Crippen LogP contribution in [0.25, 0.3) is 0 Å². The highest BCUT2D eigenvalue weighted by molar-refractivity contribution is 4.98. The predicted octanol–water partition coefficient (Wildman–Crippen LogP) is 2.88. The first kappa shape index (κ1) is 14.9. The molecule has 0 amide bonds. The molecule has 1 aliphatic carbocycles. The fraction of sp³-hybridized carbons (Fsp3) is 1.00. The van der Waals surface area contributed by atoms with Gasteiger partial charge in [0.2, 0.25) is 0 Å². The third-order valence-electron chi connectivity index (χ3n) is 3.99. The topological polar surface area (TPSA) is 27.7 Å². The summed E-state index contributed by atoms with van der Waals surface area (Å²) in [6, 6.07) is 0. The Kier molecular flexibility index (Phi) is 5.90. The molecule has 2 atom stereocenters. The zero-order chi connectivity index (χ0) is 12.9. The SMILES string of the molecule is COCC1(CC(C)C)C(OC)CCCC1OC. The molecular formula is C14H28O3. The van der Waals surface area contributed by atoms with E-state index in [4.69, 9.17) is 14.2 Å². The smallest absolute Gasteiger partial charge is 0.0674 e. The van der Waals surface area contributed by atoms with Crippen LogP contribution in [0.5, 0.6) is 0 Å². The molecule has 102 valence electrons. The summed E-state index contributed by atoms with van der Waals surface area (Å²) in [7, 11) is 5.40. The maximum atomic E-state index is 5.73. The Morgan fingerprint density at radius 3 is 1.94 bits per heavy atom. The monoisotopic (exact) mass is 244 g/mol. The van der Waals surface area contributed by atoms with Crippen LogP contribution in [0, 0.1) is 11.3 Å². The minimum Gasteiger partial charge on any atom is -0.384 e. The van der Waals surface area contributed by atoms with Crippen molar-refractivity contribution < 1.29 is 14.2 Å². The van der Waals surface area contributed by atoms with E-state index in [-0.39, 0.29) is 17.6 Å². The van der Waals surface area contributed by atoms with E-state index in [9.17, 15) is 0 Å². The fourth-order valence-electron chi connectivity index (χ4n) is 3.51. The molecule has 0 aromatic carbocycles. The van der Waals surface area contributed by atoms with Gasteiger partial charge >= 0.3 is 0 Å². The molecule has 3 nitrogen and oxygen atoms in total. The van der Waals surface area contributed by atoms with Gasteiger partial charge in [0.1, 0.15) is 0 Å². The second-order valence-corrected chi connectivity index (χ2v) is 5.64. The maximum absolute atomic E-state index is 5.73. The minimum atomic E-state index is 0.0185. The van der Waals surface area contributed by atoms with Gasteiger partial charge in [-0.25, -0.2) is 0 Å². The van der Waals surface area contributed by atoms with Gasteiger partial charge < -0.3 is 14.2 Å². The van der Waals surface area contributed by atoms with Gasteiger partial charge in [-0.05, 0) is 31.6 Å². The van der Waals surface area contributed by atoms with Crippen molar-refractivity contribution in [3.05, 3.63) is 0 Å². The quantitative estimate of drug-likeness (QED) is 0.719. The highest BCUT2D eigenvalue weighted by Crippen LogP contribution is 2.44. The van der Waals surface area contributed by atoms with Crippen molar-refractivity contribution in [2.45, 2.75) is 51.7 Å². The van der Waals surface area contributed by atoms with Gasteiger partial charge in [0, 0.05) is 26.7 Å². The molecule has 1 rings (SSSR count). The van der Waals surface area contributed by atoms with Crippen molar-refractivity contribution in [2.24, 2.45) is 11.3 Å². The van der Waals surface area contributed by atoms with E-state index in [1.807, 2.05) is 14.2 Å². The number of methoxy groups -OCH3 is 3. The van der Waals surface area contributed by atoms with Crippen LogP contribution in [0.1, 0.15) is 39.5 Å². The fourth-order valence-corrected chi connectivity index (χ4v) is 3.51.